The number of carboxylic acids is 1. The third-order valence-corrected chi connectivity index (χ3v) is 8.28. The zero-order chi connectivity index (χ0) is 34.3. The van der Waals surface area contributed by atoms with Gasteiger partial charge >= 0.3 is 12.1 Å². The second-order valence-electron chi connectivity index (χ2n) is 12.4. The first-order valence-corrected chi connectivity index (χ1v) is 16.4. The number of benzene rings is 3. The zero-order valence-electron chi connectivity index (χ0n) is 26.8. The van der Waals surface area contributed by atoms with Crippen LogP contribution in [0.1, 0.15) is 72.3 Å². The molecule has 1 aliphatic heterocycles. The van der Waals surface area contributed by atoms with Gasteiger partial charge in [0.2, 0.25) is 5.91 Å². The third-order valence-electron chi connectivity index (χ3n) is 7.45. The van der Waals surface area contributed by atoms with Crippen LogP contribution in [0.25, 0.3) is 0 Å². The van der Waals surface area contributed by atoms with Gasteiger partial charge in [0.25, 0.3) is 5.91 Å². The fraction of sp³-hybridized carbons (Fsp3) is 0.353. The molecular weight excluding hydrogens is 624 g/mol. The molecule has 0 spiro atoms. The van der Waals surface area contributed by atoms with Crippen molar-refractivity contribution in [2.45, 2.75) is 69.5 Å². The molecule has 47 heavy (non-hydrogen) atoms. The van der Waals surface area contributed by atoms with E-state index in [9.17, 15) is 32.7 Å². The van der Waals surface area contributed by atoms with E-state index in [1.165, 1.54) is 30.1 Å². The van der Waals surface area contributed by atoms with E-state index in [1.807, 2.05) is 18.2 Å². The Morgan fingerprint density at radius 2 is 1.72 bits per heavy atom. The summed E-state index contributed by atoms with van der Waals surface area (Å²) in [5.41, 5.74) is 3.49. The van der Waals surface area contributed by atoms with Gasteiger partial charge in [0.15, 0.2) is 16.7 Å². The minimum absolute atomic E-state index is 0.0318. The van der Waals surface area contributed by atoms with Gasteiger partial charge in [0.1, 0.15) is 5.60 Å². The predicted molar refractivity (Wildman–Crippen MR) is 177 cm³/mol. The maximum atomic E-state index is 12.7. The number of ether oxygens (including phenoxy) is 1. The molecule has 1 aliphatic rings. The van der Waals surface area contributed by atoms with E-state index in [-0.39, 0.29) is 29.7 Å². The summed E-state index contributed by atoms with van der Waals surface area (Å²) >= 11 is 0. The highest BCUT2D eigenvalue weighted by molar-refractivity contribution is 7.72. The maximum absolute atomic E-state index is 12.7. The average molecular weight is 665 g/mol. The highest BCUT2D eigenvalue weighted by Gasteiger charge is 2.23. The van der Waals surface area contributed by atoms with Gasteiger partial charge in [-0.05, 0) is 92.6 Å². The van der Waals surface area contributed by atoms with Crippen molar-refractivity contribution < 1.29 is 37.4 Å². The molecule has 0 bridgehead atoms. The Morgan fingerprint density at radius 3 is 2.38 bits per heavy atom. The molecule has 0 fully saturated rings. The summed E-state index contributed by atoms with van der Waals surface area (Å²) in [5, 5.41) is 18.5. The number of fused-ring (bicyclic) bond motifs is 1. The maximum Gasteiger partial charge on any atom is 0.410 e. The van der Waals surface area contributed by atoms with Crippen molar-refractivity contribution >= 4 is 46.0 Å². The van der Waals surface area contributed by atoms with Gasteiger partial charge in [0, 0.05) is 37.0 Å². The number of thiol groups is 1. The quantitative estimate of drug-likeness (QED) is 0.175. The van der Waals surface area contributed by atoms with Crippen LogP contribution < -0.4 is 16.0 Å². The van der Waals surface area contributed by atoms with Crippen molar-refractivity contribution in [2.24, 2.45) is 0 Å². The minimum atomic E-state index is -2.93. The summed E-state index contributed by atoms with van der Waals surface area (Å²) in [6.45, 7) is 5.75. The van der Waals surface area contributed by atoms with Crippen LogP contribution in [0.4, 0.5) is 16.2 Å². The Hall–Kier alpha value is -4.91. The van der Waals surface area contributed by atoms with E-state index in [2.05, 4.69) is 16.0 Å². The van der Waals surface area contributed by atoms with Crippen LogP contribution in [0.2, 0.25) is 0 Å². The van der Waals surface area contributed by atoms with E-state index in [1.54, 1.807) is 45.0 Å². The summed E-state index contributed by atoms with van der Waals surface area (Å²) in [4.78, 5) is 50.7. The molecule has 0 radical (unpaired) electrons. The number of carboxylic acid groups (broad SMARTS) is 1. The number of hydrogen-bond acceptors (Lipinski definition) is 8. The highest BCUT2D eigenvalue weighted by Crippen LogP contribution is 2.25. The zero-order valence-corrected chi connectivity index (χ0v) is 27.7. The van der Waals surface area contributed by atoms with Crippen molar-refractivity contribution in [2.75, 3.05) is 24.2 Å². The Bertz CT molecular complexity index is 1720. The standard InChI is InChI=1S/C34H40N4O8S/c1-34(2,3)46-33(43)38(4)20-24-18-25(14-15-28(24)47(44)45)36-29(39)7-5-6-21-8-10-23(11-9-21)30(32(41)42)37-26-13-12-22-16-17-35-31(40)27(22)19-26/h8-15,18-19,30,37,47H,5-7,16-17,20H2,1-4H3,(H,35,40)(H,36,39)(H,41,42). The van der Waals surface area contributed by atoms with Crippen molar-refractivity contribution in [3.8, 4) is 0 Å². The Morgan fingerprint density at radius 1 is 1.02 bits per heavy atom. The number of amides is 3. The van der Waals surface area contributed by atoms with Gasteiger partial charge in [-0.1, -0.05) is 30.3 Å². The summed E-state index contributed by atoms with van der Waals surface area (Å²) in [6.07, 6.45) is 1.40. The number of nitrogens with zero attached hydrogens (tertiary/aromatic N) is 1. The monoisotopic (exact) mass is 664 g/mol. The molecule has 12 nitrogen and oxygen atoms in total. The van der Waals surface area contributed by atoms with E-state index in [0.717, 1.165) is 17.5 Å². The number of nitrogens with one attached hydrogen (secondary N) is 3. The average Bonchev–Trinajstić information content (AvgIpc) is 2.99. The van der Waals surface area contributed by atoms with Crippen LogP contribution in [0.15, 0.2) is 65.6 Å². The van der Waals surface area contributed by atoms with Gasteiger partial charge in [0.05, 0.1) is 11.4 Å². The third kappa shape index (κ3) is 9.79. The lowest BCUT2D eigenvalue weighted by Gasteiger charge is -2.25. The van der Waals surface area contributed by atoms with Crippen molar-refractivity contribution in [3.63, 3.8) is 0 Å². The molecule has 4 N–H and O–H groups in total. The molecule has 13 heteroatoms. The molecule has 3 aromatic carbocycles. The van der Waals surface area contributed by atoms with E-state index in [0.29, 0.717) is 47.5 Å². The second kappa shape index (κ2) is 15.1. The Labute approximate surface area is 275 Å². The summed E-state index contributed by atoms with van der Waals surface area (Å²) in [7, 11) is -1.43. The first-order chi connectivity index (χ1) is 22.2. The van der Waals surface area contributed by atoms with Crippen molar-refractivity contribution in [1.82, 2.24) is 10.2 Å². The molecule has 1 atom stereocenters. The lowest BCUT2D eigenvalue weighted by Crippen LogP contribution is -2.34. The highest BCUT2D eigenvalue weighted by atomic mass is 32.2. The number of aryl methyl sites for hydroxylation is 1. The summed E-state index contributed by atoms with van der Waals surface area (Å²) in [6, 6.07) is 15.8. The fourth-order valence-electron chi connectivity index (χ4n) is 5.14. The summed E-state index contributed by atoms with van der Waals surface area (Å²) in [5.74, 6) is -1.50. The second-order valence-corrected chi connectivity index (χ2v) is 13.4. The number of carbonyl (C=O) groups excluding carboxylic acids is 3. The number of anilines is 2. The number of hydrogen-bond donors (Lipinski definition) is 5. The number of carbonyl (C=O) groups is 4. The molecular formula is C34H40N4O8S. The summed E-state index contributed by atoms with van der Waals surface area (Å²) < 4.78 is 29.0. The molecule has 3 aromatic rings. The number of rotatable bonds is 12. The van der Waals surface area contributed by atoms with Crippen molar-refractivity contribution in [3.05, 3.63) is 88.5 Å². The lowest BCUT2D eigenvalue weighted by atomic mass is 9.98. The smallest absolute Gasteiger partial charge is 0.410 e. The first kappa shape index (κ1) is 35.0. The van der Waals surface area contributed by atoms with Crippen LogP contribution >= 0.6 is 0 Å². The fourth-order valence-corrected chi connectivity index (χ4v) is 5.70. The first-order valence-electron chi connectivity index (χ1n) is 15.2. The topological polar surface area (TPSA) is 171 Å². The largest absolute Gasteiger partial charge is 0.479 e. The van der Waals surface area contributed by atoms with Gasteiger partial charge in [-0.15, -0.1) is 0 Å². The van der Waals surface area contributed by atoms with E-state index < -0.39 is 34.4 Å². The predicted octanol–water partition coefficient (Wildman–Crippen LogP) is 4.51. The molecule has 1 unspecified atom stereocenters. The SMILES string of the molecule is CN(Cc1cc(NC(=O)CCCc2ccc(C(Nc3ccc4c(c3)C(=O)NCC4)C(=O)O)cc2)ccc1[SH](=O)=O)C(=O)OC(C)(C)C. The van der Waals surface area contributed by atoms with Gasteiger partial charge < -0.3 is 30.7 Å². The molecule has 0 aromatic heterocycles. The minimum Gasteiger partial charge on any atom is -0.479 e. The molecule has 4 rings (SSSR count). The van der Waals surface area contributed by atoms with E-state index in [4.69, 9.17) is 4.74 Å². The number of aliphatic carboxylic acids is 1. The Balaban J connectivity index is 1.32. The van der Waals surface area contributed by atoms with Crippen LogP contribution in [0, 0.1) is 0 Å². The van der Waals surface area contributed by atoms with Gasteiger partial charge in [-0.2, -0.15) is 0 Å². The molecule has 0 aliphatic carbocycles. The lowest BCUT2D eigenvalue weighted by molar-refractivity contribution is -0.138. The van der Waals surface area contributed by atoms with Gasteiger partial charge in [-0.3, -0.25) is 9.59 Å². The van der Waals surface area contributed by atoms with E-state index >= 15 is 0 Å². The molecule has 1 heterocycles. The molecule has 0 saturated heterocycles. The van der Waals surface area contributed by atoms with Crippen LogP contribution in [0.5, 0.6) is 0 Å². The molecule has 3 amide bonds. The van der Waals surface area contributed by atoms with Crippen LogP contribution in [0.3, 0.4) is 0 Å². The molecule has 250 valence electrons. The van der Waals surface area contributed by atoms with Crippen LogP contribution in [-0.4, -0.2) is 61.5 Å². The Kier molecular flexibility index (Phi) is 11.2. The van der Waals surface area contributed by atoms with Crippen LogP contribution in [-0.2, 0) is 44.4 Å². The molecule has 0 saturated carbocycles. The van der Waals surface area contributed by atoms with Crippen molar-refractivity contribution in [1.29, 1.82) is 0 Å². The normalized spacial score (nSPS) is 13.3. The van der Waals surface area contributed by atoms with Gasteiger partial charge in [-0.25, -0.2) is 18.0 Å².